The van der Waals surface area contributed by atoms with E-state index in [1.807, 2.05) is 0 Å². The lowest BCUT2D eigenvalue weighted by Crippen LogP contribution is -2.22. The molecule has 0 heterocycles. The van der Waals surface area contributed by atoms with E-state index in [-0.39, 0.29) is 16.8 Å². The number of hydrogen-bond acceptors (Lipinski definition) is 1. The number of hydrogen-bond donors (Lipinski definition) is 0. The predicted molar refractivity (Wildman–Crippen MR) is 40.1 cm³/mol. The second-order valence-electron chi connectivity index (χ2n) is 2.94. The molecule has 1 nitrogen and oxygen atoms in total. The fraction of sp³-hybridized carbons (Fsp3) is 1.00. The first-order valence-corrected chi connectivity index (χ1v) is 4.65. The Morgan fingerprint density at radius 1 is 1.12 bits per heavy atom. The molecule has 0 atom stereocenters. The van der Waals surface area contributed by atoms with Gasteiger partial charge in [0.05, 0.1) is 0 Å². The van der Waals surface area contributed by atoms with Gasteiger partial charge in [0.2, 0.25) is 0 Å². The Balaban J connectivity index is 3.39. The zero-order chi connectivity index (χ0) is 6.78. The van der Waals surface area contributed by atoms with Crippen LogP contribution in [0.5, 0.6) is 0 Å². The summed E-state index contributed by atoms with van der Waals surface area (Å²) in [4.78, 5) is 0. The molecule has 0 spiro atoms. The Bertz CT molecular complexity index is 63.4. The van der Waals surface area contributed by atoms with Crippen molar-refractivity contribution in [2.75, 3.05) is 12.5 Å². The average molecular weight is 135 g/mol. The molecule has 0 saturated heterocycles. The first kappa shape index (κ1) is 8.31. The van der Waals surface area contributed by atoms with Crippen molar-refractivity contribution in [3.63, 3.8) is 0 Å². The first-order chi connectivity index (χ1) is 3.42. The highest BCUT2D eigenvalue weighted by molar-refractivity contribution is 7.90. The summed E-state index contributed by atoms with van der Waals surface area (Å²) in [5.41, 5.74) is 0.0343. The van der Waals surface area contributed by atoms with Crippen molar-refractivity contribution < 1.29 is 4.18 Å². The van der Waals surface area contributed by atoms with Crippen molar-refractivity contribution in [2.45, 2.75) is 26.4 Å². The van der Waals surface area contributed by atoms with Gasteiger partial charge in [0, 0.05) is 0 Å². The minimum Gasteiger partial charge on any atom is -0.169 e. The van der Waals surface area contributed by atoms with Crippen LogP contribution in [0.15, 0.2) is 0 Å². The smallest absolute Gasteiger partial charge is 0.141 e. The molecule has 0 aliphatic carbocycles. The molecule has 0 fully saturated rings. The normalized spacial score (nSPS) is 12.8. The monoisotopic (exact) mass is 135 g/mol. The summed E-state index contributed by atoms with van der Waals surface area (Å²) in [5.74, 6) is 0. The van der Waals surface area contributed by atoms with Gasteiger partial charge < -0.3 is 0 Å². The highest BCUT2D eigenvalue weighted by atomic mass is 32.2. The molecular formula is C6H15OS+. The predicted octanol–water partition coefficient (Wildman–Crippen LogP) is 1.59. The van der Waals surface area contributed by atoms with Gasteiger partial charge >= 0.3 is 0 Å². The van der Waals surface area contributed by atoms with Gasteiger partial charge in [-0.05, 0) is 20.8 Å². The molecule has 0 N–H and O–H groups in total. The van der Waals surface area contributed by atoms with Crippen molar-refractivity contribution >= 4 is 11.2 Å². The van der Waals surface area contributed by atoms with Crippen LogP contribution in [0.3, 0.4) is 0 Å². The van der Waals surface area contributed by atoms with Gasteiger partial charge in [-0.15, -0.1) is 0 Å². The number of rotatable bonds is 1. The van der Waals surface area contributed by atoms with Crippen molar-refractivity contribution in [1.82, 2.24) is 0 Å². The van der Waals surface area contributed by atoms with Crippen LogP contribution in [0.25, 0.3) is 0 Å². The first-order valence-electron chi connectivity index (χ1n) is 2.69. The molecule has 0 saturated carbocycles. The standard InChI is InChI=1S/C6H15OS/c1-6(2,3)7-8(4)5/h1-5H3/q+1. The lowest BCUT2D eigenvalue weighted by Gasteiger charge is -2.12. The van der Waals surface area contributed by atoms with Crippen LogP contribution >= 0.6 is 0 Å². The maximum Gasteiger partial charge on any atom is 0.141 e. The maximum atomic E-state index is 5.47. The van der Waals surface area contributed by atoms with E-state index in [1.165, 1.54) is 0 Å². The Morgan fingerprint density at radius 2 is 1.50 bits per heavy atom. The maximum absolute atomic E-state index is 5.47. The zero-order valence-electron chi connectivity index (χ0n) is 6.32. The molecule has 0 aromatic heterocycles. The summed E-state index contributed by atoms with van der Waals surface area (Å²) in [6, 6.07) is 0. The molecule has 0 aromatic rings. The molecule has 0 amide bonds. The minimum atomic E-state index is 0.0343. The molecule has 0 aromatic carbocycles. The van der Waals surface area contributed by atoms with Crippen LogP contribution in [0.4, 0.5) is 0 Å². The summed E-state index contributed by atoms with van der Waals surface area (Å²) in [5, 5.41) is 0. The van der Waals surface area contributed by atoms with E-state index in [1.54, 1.807) is 0 Å². The summed E-state index contributed by atoms with van der Waals surface area (Å²) < 4.78 is 5.47. The Kier molecular flexibility index (Phi) is 2.84. The van der Waals surface area contributed by atoms with Crippen LogP contribution in [-0.2, 0) is 15.4 Å². The Labute approximate surface area is 55.0 Å². The molecule has 0 aliphatic heterocycles. The quantitative estimate of drug-likeness (QED) is 0.496. The van der Waals surface area contributed by atoms with E-state index in [0.29, 0.717) is 0 Å². The molecule has 0 unspecified atom stereocenters. The SMILES string of the molecule is C[S+](C)OC(C)(C)C. The van der Waals surface area contributed by atoms with Crippen molar-refractivity contribution in [3.8, 4) is 0 Å². The zero-order valence-corrected chi connectivity index (χ0v) is 7.13. The van der Waals surface area contributed by atoms with E-state index in [0.717, 1.165) is 0 Å². The molecular weight excluding hydrogens is 120 g/mol. The van der Waals surface area contributed by atoms with E-state index in [9.17, 15) is 0 Å². The van der Waals surface area contributed by atoms with Crippen LogP contribution in [0.2, 0.25) is 0 Å². The summed E-state index contributed by atoms with van der Waals surface area (Å²) in [7, 11) is 0. The fourth-order valence-electron chi connectivity index (χ4n) is 0.500. The van der Waals surface area contributed by atoms with Crippen molar-refractivity contribution in [2.24, 2.45) is 0 Å². The van der Waals surface area contributed by atoms with Gasteiger partial charge in [-0.2, -0.15) is 4.18 Å². The topological polar surface area (TPSA) is 9.23 Å². The largest absolute Gasteiger partial charge is 0.169 e. The third-order valence-electron chi connectivity index (χ3n) is 0.417. The lowest BCUT2D eigenvalue weighted by molar-refractivity contribution is 0.159. The molecule has 50 valence electrons. The third kappa shape index (κ3) is 6.31. The van der Waals surface area contributed by atoms with Crippen LogP contribution in [-0.4, -0.2) is 18.1 Å². The van der Waals surface area contributed by atoms with Crippen LogP contribution in [0.1, 0.15) is 20.8 Å². The lowest BCUT2D eigenvalue weighted by atomic mass is 10.2. The second kappa shape index (κ2) is 2.74. The summed E-state index contributed by atoms with van der Waals surface area (Å²) in [6.45, 7) is 6.21. The Hall–Kier alpha value is 0.310. The minimum absolute atomic E-state index is 0.0343. The van der Waals surface area contributed by atoms with Crippen LogP contribution < -0.4 is 0 Å². The van der Waals surface area contributed by atoms with E-state index < -0.39 is 0 Å². The summed E-state index contributed by atoms with van der Waals surface area (Å²) >= 11 is 0.115. The van der Waals surface area contributed by atoms with Crippen molar-refractivity contribution in [1.29, 1.82) is 0 Å². The molecule has 0 bridgehead atoms. The van der Waals surface area contributed by atoms with Gasteiger partial charge in [-0.3, -0.25) is 0 Å². The summed E-state index contributed by atoms with van der Waals surface area (Å²) in [6.07, 6.45) is 4.15. The third-order valence-corrected chi connectivity index (χ3v) is 1.25. The van der Waals surface area contributed by atoms with E-state index in [2.05, 4.69) is 33.3 Å². The highest BCUT2D eigenvalue weighted by Crippen LogP contribution is 2.09. The molecule has 0 radical (unpaired) electrons. The van der Waals surface area contributed by atoms with Gasteiger partial charge in [0.25, 0.3) is 0 Å². The van der Waals surface area contributed by atoms with E-state index >= 15 is 0 Å². The fourth-order valence-corrected chi connectivity index (χ4v) is 1.50. The van der Waals surface area contributed by atoms with Gasteiger partial charge in [0.1, 0.15) is 29.3 Å². The highest BCUT2D eigenvalue weighted by Gasteiger charge is 2.18. The van der Waals surface area contributed by atoms with Crippen molar-refractivity contribution in [3.05, 3.63) is 0 Å². The molecule has 2 heteroatoms. The molecule has 8 heavy (non-hydrogen) atoms. The Morgan fingerprint density at radius 3 is 1.50 bits per heavy atom. The van der Waals surface area contributed by atoms with Gasteiger partial charge in [0.15, 0.2) is 0 Å². The second-order valence-corrected chi connectivity index (χ2v) is 4.59. The van der Waals surface area contributed by atoms with Crippen LogP contribution in [0, 0.1) is 0 Å². The van der Waals surface area contributed by atoms with E-state index in [4.69, 9.17) is 4.18 Å². The molecule has 0 rings (SSSR count). The van der Waals surface area contributed by atoms with Gasteiger partial charge in [-0.1, -0.05) is 0 Å². The van der Waals surface area contributed by atoms with Gasteiger partial charge in [-0.25, -0.2) is 0 Å². The average Bonchev–Trinajstić information content (AvgIpc) is 1.21. The molecule has 0 aliphatic rings.